The van der Waals surface area contributed by atoms with E-state index in [0.29, 0.717) is 0 Å². The Labute approximate surface area is 139 Å². The van der Waals surface area contributed by atoms with Crippen LogP contribution in [0.15, 0.2) is 84.9 Å². The van der Waals surface area contributed by atoms with Crippen LogP contribution in [0.3, 0.4) is 0 Å². The minimum absolute atomic E-state index is 0.0482. The third-order valence-corrected chi connectivity index (χ3v) is 4.70. The maximum absolute atomic E-state index is 3.44. The largest absolute Gasteiger partial charge is 0.356 e. The first-order valence-corrected chi connectivity index (χ1v) is 8.20. The molecule has 3 aromatic carbocycles. The lowest BCUT2D eigenvalue weighted by atomic mass is 9.74. The van der Waals surface area contributed by atoms with E-state index in [-0.39, 0.29) is 5.41 Å². The molecule has 0 amide bonds. The van der Waals surface area contributed by atoms with Gasteiger partial charge in [-0.05, 0) is 41.8 Å². The second-order valence-corrected chi connectivity index (χ2v) is 6.12. The van der Waals surface area contributed by atoms with Gasteiger partial charge in [0.1, 0.15) is 0 Å². The second kappa shape index (κ2) is 6.70. The lowest BCUT2D eigenvalue weighted by Crippen LogP contribution is -2.22. The van der Waals surface area contributed by atoms with Gasteiger partial charge in [0.15, 0.2) is 0 Å². The molecule has 0 bridgehead atoms. The van der Waals surface area contributed by atoms with Crippen molar-refractivity contribution < 1.29 is 0 Å². The fourth-order valence-electron chi connectivity index (χ4n) is 2.99. The van der Waals surface area contributed by atoms with Gasteiger partial charge in [-0.25, -0.2) is 0 Å². The molecule has 0 saturated heterocycles. The highest BCUT2D eigenvalue weighted by Gasteiger charge is 2.26. The molecule has 1 nitrogen and oxygen atoms in total. The highest BCUT2D eigenvalue weighted by molar-refractivity contribution is 5.60. The average Bonchev–Trinajstić information content (AvgIpc) is 2.63. The zero-order valence-corrected chi connectivity index (χ0v) is 13.8. The Morgan fingerprint density at radius 1 is 0.652 bits per heavy atom. The van der Waals surface area contributed by atoms with Gasteiger partial charge in [-0.1, -0.05) is 74.5 Å². The molecule has 0 heterocycles. The van der Waals surface area contributed by atoms with Gasteiger partial charge in [-0.2, -0.15) is 0 Å². The summed E-state index contributed by atoms with van der Waals surface area (Å²) in [5.41, 5.74) is 5.00. The molecule has 0 radical (unpaired) electrons. The summed E-state index contributed by atoms with van der Waals surface area (Å²) in [6, 6.07) is 29.8. The van der Waals surface area contributed by atoms with Crippen LogP contribution >= 0.6 is 0 Å². The predicted octanol–water partition coefficient (Wildman–Crippen LogP) is 6.15. The monoisotopic (exact) mass is 301 g/mol. The van der Waals surface area contributed by atoms with Crippen molar-refractivity contribution in [2.75, 3.05) is 5.32 Å². The van der Waals surface area contributed by atoms with Gasteiger partial charge in [0.05, 0.1) is 0 Å². The van der Waals surface area contributed by atoms with Crippen LogP contribution in [0.4, 0.5) is 11.4 Å². The molecular weight excluding hydrogens is 278 g/mol. The lowest BCUT2D eigenvalue weighted by Gasteiger charge is -2.30. The Hall–Kier alpha value is -2.54. The average molecular weight is 301 g/mol. The van der Waals surface area contributed by atoms with Crippen molar-refractivity contribution in [2.24, 2.45) is 0 Å². The number of nitrogens with one attached hydrogen (secondary N) is 1. The topological polar surface area (TPSA) is 12.0 Å². The van der Waals surface area contributed by atoms with Crippen LogP contribution in [0.5, 0.6) is 0 Å². The Bertz CT molecular complexity index is 732. The highest BCUT2D eigenvalue weighted by Crippen LogP contribution is 2.35. The molecule has 0 aliphatic rings. The van der Waals surface area contributed by atoms with Crippen LogP contribution in [-0.2, 0) is 5.41 Å². The third-order valence-electron chi connectivity index (χ3n) is 4.70. The molecule has 3 aromatic rings. The van der Waals surface area contributed by atoms with E-state index in [4.69, 9.17) is 0 Å². The van der Waals surface area contributed by atoms with Crippen molar-refractivity contribution in [3.8, 4) is 0 Å². The molecule has 0 spiro atoms. The first-order chi connectivity index (χ1) is 11.2. The zero-order chi connectivity index (χ0) is 16.1. The third kappa shape index (κ3) is 3.29. The van der Waals surface area contributed by atoms with Crippen molar-refractivity contribution in [3.63, 3.8) is 0 Å². The quantitative estimate of drug-likeness (QED) is 0.596. The summed E-state index contributed by atoms with van der Waals surface area (Å²) in [5.74, 6) is 0. The molecular formula is C22H23N. The minimum atomic E-state index is 0.0482. The first kappa shape index (κ1) is 15.4. The van der Waals surface area contributed by atoms with E-state index in [1.165, 1.54) is 11.1 Å². The predicted molar refractivity (Wildman–Crippen MR) is 99.4 cm³/mol. The van der Waals surface area contributed by atoms with Crippen LogP contribution in [0.25, 0.3) is 0 Å². The summed E-state index contributed by atoms with van der Waals surface area (Å²) in [7, 11) is 0. The first-order valence-electron chi connectivity index (χ1n) is 8.20. The van der Waals surface area contributed by atoms with E-state index in [9.17, 15) is 0 Å². The molecule has 0 saturated carbocycles. The maximum atomic E-state index is 3.44. The van der Waals surface area contributed by atoms with Crippen molar-refractivity contribution in [1.29, 1.82) is 0 Å². The fraction of sp³-hybridized carbons (Fsp3) is 0.182. The lowest BCUT2D eigenvalue weighted by molar-refractivity contribution is 0.550. The molecule has 23 heavy (non-hydrogen) atoms. The Morgan fingerprint density at radius 3 is 1.70 bits per heavy atom. The van der Waals surface area contributed by atoms with E-state index < -0.39 is 0 Å². The van der Waals surface area contributed by atoms with Crippen LogP contribution in [0, 0.1) is 0 Å². The van der Waals surface area contributed by atoms with Gasteiger partial charge in [0.25, 0.3) is 0 Å². The van der Waals surface area contributed by atoms with Crippen molar-refractivity contribution in [2.45, 2.75) is 25.7 Å². The molecule has 116 valence electrons. The molecule has 1 atom stereocenters. The summed E-state index contributed by atoms with van der Waals surface area (Å²) in [6.07, 6.45) is 1.07. The Balaban J connectivity index is 1.86. The number of anilines is 2. The summed E-state index contributed by atoms with van der Waals surface area (Å²) >= 11 is 0. The molecule has 3 rings (SSSR count). The summed E-state index contributed by atoms with van der Waals surface area (Å²) < 4.78 is 0. The summed E-state index contributed by atoms with van der Waals surface area (Å²) in [6.45, 7) is 4.57. The van der Waals surface area contributed by atoms with Gasteiger partial charge >= 0.3 is 0 Å². The molecule has 1 unspecified atom stereocenters. The molecule has 0 aliphatic carbocycles. The van der Waals surface area contributed by atoms with E-state index in [0.717, 1.165) is 17.8 Å². The molecule has 0 aliphatic heterocycles. The van der Waals surface area contributed by atoms with Crippen LogP contribution in [0.2, 0.25) is 0 Å². The zero-order valence-electron chi connectivity index (χ0n) is 13.8. The smallest absolute Gasteiger partial charge is 0.0384 e. The maximum Gasteiger partial charge on any atom is 0.0384 e. The SMILES string of the molecule is CCC(C)(c1ccccc1)c1ccc(Nc2ccccc2)cc1. The van der Waals surface area contributed by atoms with Gasteiger partial charge < -0.3 is 5.32 Å². The number of para-hydroxylation sites is 1. The van der Waals surface area contributed by atoms with E-state index in [1.54, 1.807) is 0 Å². The van der Waals surface area contributed by atoms with Gasteiger partial charge in [0, 0.05) is 16.8 Å². The standard InChI is InChI=1S/C22H23N/c1-3-22(2,18-10-6-4-7-11-18)19-14-16-21(17-15-19)23-20-12-8-5-9-13-20/h4-17,23H,3H2,1-2H3. The van der Waals surface area contributed by atoms with Crippen molar-refractivity contribution >= 4 is 11.4 Å². The van der Waals surface area contributed by atoms with Crippen molar-refractivity contribution in [1.82, 2.24) is 0 Å². The van der Waals surface area contributed by atoms with Gasteiger partial charge in [0.2, 0.25) is 0 Å². The number of benzene rings is 3. The Kier molecular flexibility index (Phi) is 4.47. The molecule has 1 heteroatoms. The summed E-state index contributed by atoms with van der Waals surface area (Å²) in [5, 5.41) is 3.44. The number of hydrogen-bond acceptors (Lipinski definition) is 1. The van der Waals surface area contributed by atoms with Gasteiger partial charge in [-0.15, -0.1) is 0 Å². The van der Waals surface area contributed by atoms with E-state index >= 15 is 0 Å². The molecule has 1 N–H and O–H groups in total. The summed E-state index contributed by atoms with van der Waals surface area (Å²) in [4.78, 5) is 0. The number of hydrogen-bond donors (Lipinski definition) is 1. The fourth-order valence-corrected chi connectivity index (χ4v) is 2.99. The van der Waals surface area contributed by atoms with E-state index in [2.05, 4.69) is 85.9 Å². The Morgan fingerprint density at radius 2 is 1.13 bits per heavy atom. The minimum Gasteiger partial charge on any atom is -0.356 e. The highest BCUT2D eigenvalue weighted by atomic mass is 14.9. The molecule has 0 fully saturated rings. The van der Waals surface area contributed by atoms with Crippen LogP contribution in [0.1, 0.15) is 31.4 Å². The number of rotatable bonds is 5. The van der Waals surface area contributed by atoms with Crippen LogP contribution in [-0.4, -0.2) is 0 Å². The van der Waals surface area contributed by atoms with E-state index in [1.807, 2.05) is 18.2 Å². The normalized spacial score (nSPS) is 13.3. The second-order valence-electron chi connectivity index (χ2n) is 6.12. The van der Waals surface area contributed by atoms with Crippen molar-refractivity contribution in [3.05, 3.63) is 96.1 Å². The molecule has 0 aromatic heterocycles. The van der Waals surface area contributed by atoms with Gasteiger partial charge in [-0.3, -0.25) is 0 Å². The van der Waals surface area contributed by atoms with Crippen LogP contribution < -0.4 is 5.32 Å².